The van der Waals surface area contributed by atoms with Crippen molar-refractivity contribution in [2.45, 2.75) is 58.5 Å². The summed E-state index contributed by atoms with van der Waals surface area (Å²) < 4.78 is 18.4. The summed E-state index contributed by atoms with van der Waals surface area (Å²) in [5.41, 5.74) is 3.27. The Hall–Kier alpha value is -3.52. The molecule has 3 heterocycles. The van der Waals surface area contributed by atoms with Crippen molar-refractivity contribution < 1.29 is 18.5 Å². The Balaban J connectivity index is 0.00000320. The molecule has 2 amide bonds. The van der Waals surface area contributed by atoms with Crippen LogP contribution in [0.15, 0.2) is 59.1 Å². The summed E-state index contributed by atoms with van der Waals surface area (Å²) >= 11 is 0. The van der Waals surface area contributed by atoms with Gasteiger partial charge in [0.2, 0.25) is 5.91 Å². The van der Waals surface area contributed by atoms with Gasteiger partial charge in [0.25, 0.3) is 5.91 Å². The van der Waals surface area contributed by atoms with Crippen molar-refractivity contribution in [1.82, 2.24) is 15.4 Å². The molecule has 2 aliphatic rings. The van der Waals surface area contributed by atoms with Crippen LogP contribution in [0.25, 0.3) is 0 Å². The maximum Gasteiger partial charge on any atom is 0.273 e. The fraction of sp³-hybridized carbons (Fsp3) is 0.414. The number of aryl methyl sites for hydroxylation is 2. The van der Waals surface area contributed by atoms with Crippen LogP contribution in [0.5, 0.6) is 0 Å². The molecule has 1 N–H and O–H groups in total. The van der Waals surface area contributed by atoms with E-state index in [2.05, 4.69) is 27.5 Å². The Labute approximate surface area is 217 Å². The minimum atomic E-state index is -0.358. The van der Waals surface area contributed by atoms with Gasteiger partial charge in [-0.3, -0.25) is 14.5 Å². The molecular weight excluding hydrogens is 471 g/mol. The third-order valence-electron chi connectivity index (χ3n) is 6.93. The normalized spacial score (nSPS) is 18.0. The molecule has 0 saturated carbocycles. The van der Waals surface area contributed by atoms with Crippen molar-refractivity contribution in [2.24, 2.45) is 0 Å². The molecule has 1 atom stereocenters. The van der Waals surface area contributed by atoms with E-state index in [1.165, 1.54) is 37.0 Å². The van der Waals surface area contributed by atoms with Crippen LogP contribution in [0.1, 0.15) is 60.5 Å². The van der Waals surface area contributed by atoms with Gasteiger partial charge >= 0.3 is 0 Å². The molecule has 1 aromatic heterocycles. The quantitative estimate of drug-likeness (QED) is 0.477. The van der Waals surface area contributed by atoms with Crippen LogP contribution in [0.3, 0.4) is 0 Å². The van der Waals surface area contributed by atoms with Crippen molar-refractivity contribution >= 4 is 17.5 Å². The average molecular weight is 507 g/mol. The standard InChI is InChI=1S/C28H31FN4O3.CH4/c29-22-9-4-20(5-10-22)8-13-25-17-26(31-36-25)28(35)30-23-16-27(34)33(19-23)24-11-6-21(7-12-24)18-32-14-2-1-3-15-32;/h4-7,9-12,17,23H,1-3,8,13-16,18-19H2,(H,30,35);1H4/t23-;/m1./s1. The number of amides is 2. The monoisotopic (exact) mass is 506 g/mol. The van der Waals surface area contributed by atoms with E-state index < -0.39 is 0 Å². The topological polar surface area (TPSA) is 78.7 Å². The van der Waals surface area contributed by atoms with Crippen molar-refractivity contribution in [3.05, 3.63) is 83.0 Å². The second-order valence-electron chi connectivity index (χ2n) is 9.69. The molecule has 2 aromatic carbocycles. The number of piperidine rings is 1. The molecule has 196 valence electrons. The second-order valence-corrected chi connectivity index (χ2v) is 9.69. The highest BCUT2D eigenvalue weighted by Gasteiger charge is 2.32. The van der Waals surface area contributed by atoms with Crippen molar-refractivity contribution in [2.75, 3.05) is 24.5 Å². The minimum absolute atomic E-state index is 0. The third kappa shape index (κ3) is 6.83. The van der Waals surface area contributed by atoms with E-state index in [0.29, 0.717) is 25.1 Å². The van der Waals surface area contributed by atoms with Gasteiger partial charge in [0.15, 0.2) is 5.69 Å². The second kappa shape index (κ2) is 12.1. The zero-order valence-corrected chi connectivity index (χ0v) is 20.3. The molecule has 0 radical (unpaired) electrons. The highest BCUT2D eigenvalue weighted by atomic mass is 19.1. The van der Waals surface area contributed by atoms with E-state index in [1.54, 1.807) is 23.1 Å². The molecule has 0 bridgehead atoms. The van der Waals surface area contributed by atoms with Gasteiger partial charge in [0, 0.05) is 37.7 Å². The SMILES string of the molecule is C.O=C(N[C@@H]1CC(=O)N(c2ccc(CN3CCCCC3)cc2)C1)c1cc(CCc2ccc(F)cc2)on1. The van der Waals surface area contributed by atoms with Crippen molar-refractivity contribution in [1.29, 1.82) is 0 Å². The first kappa shape index (κ1) is 26.5. The Morgan fingerprint density at radius 3 is 2.43 bits per heavy atom. The molecule has 5 rings (SSSR count). The van der Waals surface area contributed by atoms with Gasteiger partial charge in [-0.2, -0.15) is 0 Å². The van der Waals surface area contributed by atoms with E-state index in [1.807, 2.05) is 12.1 Å². The van der Waals surface area contributed by atoms with E-state index in [4.69, 9.17) is 4.52 Å². The smallest absolute Gasteiger partial charge is 0.273 e. The number of rotatable bonds is 8. The Morgan fingerprint density at radius 1 is 1.00 bits per heavy atom. The molecule has 0 aliphatic carbocycles. The Bertz CT molecular complexity index is 1190. The van der Waals surface area contributed by atoms with Gasteiger partial charge in [-0.25, -0.2) is 4.39 Å². The summed E-state index contributed by atoms with van der Waals surface area (Å²) in [5, 5.41) is 6.80. The molecular formula is C29H35FN4O3. The van der Waals surface area contributed by atoms with Gasteiger partial charge in [0.05, 0.1) is 6.04 Å². The van der Waals surface area contributed by atoms with Crippen LogP contribution < -0.4 is 10.2 Å². The first-order chi connectivity index (χ1) is 17.5. The maximum atomic E-state index is 13.1. The van der Waals surface area contributed by atoms with Gasteiger partial charge in [-0.15, -0.1) is 0 Å². The van der Waals surface area contributed by atoms with Crippen LogP contribution in [-0.2, 0) is 24.2 Å². The number of nitrogens with zero attached hydrogens (tertiary/aromatic N) is 3. The summed E-state index contributed by atoms with van der Waals surface area (Å²) in [4.78, 5) is 29.6. The molecule has 2 fully saturated rings. The molecule has 2 saturated heterocycles. The molecule has 2 aliphatic heterocycles. The van der Waals surface area contributed by atoms with Crippen molar-refractivity contribution in [3.8, 4) is 0 Å². The largest absolute Gasteiger partial charge is 0.361 e. The molecule has 3 aromatic rings. The molecule has 7 nitrogen and oxygen atoms in total. The number of carbonyl (C=O) groups excluding carboxylic acids is 2. The number of carbonyl (C=O) groups is 2. The van der Waals surface area contributed by atoms with Gasteiger partial charge in [-0.1, -0.05) is 43.3 Å². The fourth-order valence-corrected chi connectivity index (χ4v) is 4.93. The Morgan fingerprint density at radius 2 is 1.70 bits per heavy atom. The summed E-state index contributed by atoms with van der Waals surface area (Å²) in [6.45, 7) is 3.66. The van der Waals surface area contributed by atoms with E-state index in [0.717, 1.165) is 30.9 Å². The van der Waals surface area contributed by atoms with E-state index >= 15 is 0 Å². The average Bonchev–Trinajstić information content (AvgIpc) is 3.51. The van der Waals surface area contributed by atoms with Crippen LogP contribution in [0.4, 0.5) is 10.1 Å². The molecule has 8 heteroatoms. The summed E-state index contributed by atoms with van der Waals surface area (Å²) in [7, 11) is 0. The first-order valence-corrected chi connectivity index (χ1v) is 12.7. The summed E-state index contributed by atoms with van der Waals surface area (Å²) in [6, 6.07) is 15.8. The fourth-order valence-electron chi connectivity index (χ4n) is 4.93. The van der Waals surface area contributed by atoms with E-state index in [9.17, 15) is 14.0 Å². The molecule has 0 unspecified atom stereocenters. The predicted molar refractivity (Wildman–Crippen MR) is 141 cm³/mol. The van der Waals surface area contributed by atoms with Crippen LogP contribution >= 0.6 is 0 Å². The first-order valence-electron chi connectivity index (χ1n) is 12.7. The number of hydrogen-bond acceptors (Lipinski definition) is 5. The summed E-state index contributed by atoms with van der Waals surface area (Å²) in [5.74, 6) is -0.0584. The Kier molecular flexibility index (Phi) is 8.71. The molecule has 37 heavy (non-hydrogen) atoms. The van der Waals surface area contributed by atoms with Crippen LogP contribution in [0, 0.1) is 5.82 Å². The minimum Gasteiger partial charge on any atom is -0.361 e. The number of halogens is 1. The number of likely N-dealkylation sites (tertiary alicyclic amines) is 1. The lowest BCUT2D eigenvalue weighted by atomic mass is 10.1. The van der Waals surface area contributed by atoms with Gasteiger partial charge in [0.1, 0.15) is 11.6 Å². The lowest BCUT2D eigenvalue weighted by Crippen LogP contribution is -2.37. The van der Waals surface area contributed by atoms with E-state index in [-0.39, 0.29) is 43.2 Å². The highest BCUT2D eigenvalue weighted by molar-refractivity contribution is 5.98. The maximum absolute atomic E-state index is 13.1. The number of benzene rings is 2. The van der Waals surface area contributed by atoms with Gasteiger partial charge in [-0.05, 0) is 67.7 Å². The summed E-state index contributed by atoms with van der Waals surface area (Å²) in [6.07, 6.45) is 5.29. The number of hydrogen-bond donors (Lipinski definition) is 1. The highest BCUT2D eigenvalue weighted by Crippen LogP contribution is 2.23. The zero-order valence-electron chi connectivity index (χ0n) is 20.3. The lowest BCUT2D eigenvalue weighted by molar-refractivity contribution is -0.117. The van der Waals surface area contributed by atoms with Crippen LogP contribution in [0.2, 0.25) is 0 Å². The third-order valence-corrected chi connectivity index (χ3v) is 6.93. The number of nitrogens with one attached hydrogen (secondary N) is 1. The number of anilines is 1. The molecule has 0 spiro atoms. The predicted octanol–water partition coefficient (Wildman–Crippen LogP) is 4.76. The zero-order chi connectivity index (χ0) is 24.9. The van der Waals surface area contributed by atoms with Crippen molar-refractivity contribution in [3.63, 3.8) is 0 Å². The number of aromatic nitrogens is 1. The van der Waals surface area contributed by atoms with Gasteiger partial charge < -0.3 is 14.7 Å². The van der Waals surface area contributed by atoms with Crippen LogP contribution in [-0.4, -0.2) is 47.5 Å². The lowest BCUT2D eigenvalue weighted by Gasteiger charge is -2.26.